The van der Waals surface area contributed by atoms with Crippen molar-refractivity contribution >= 4 is 15.9 Å². The maximum atomic E-state index is 12.5. The minimum atomic E-state index is -4.49. The van der Waals surface area contributed by atoms with E-state index < -0.39 is 18.3 Å². The third-order valence-corrected chi connectivity index (χ3v) is 2.58. The summed E-state index contributed by atoms with van der Waals surface area (Å²) >= 11 is 3.04. The first-order valence-corrected chi connectivity index (χ1v) is 4.74. The predicted octanol–water partition coefficient (Wildman–Crippen LogP) is 2.97. The Morgan fingerprint density at radius 2 is 2.00 bits per heavy atom. The number of aliphatic hydroxyl groups is 1. The van der Waals surface area contributed by atoms with Gasteiger partial charge in [-0.3, -0.25) is 0 Å². The summed E-state index contributed by atoms with van der Waals surface area (Å²) in [6.07, 6.45) is -4.49. The summed E-state index contributed by atoms with van der Waals surface area (Å²) in [4.78, 5) is 0. The highest BCUT2D eigenvalue weighted by Gasteiger charge is 2.35. The highest BCUT2D eigenvalue weighted by molar-refractivity contribution is 9.10. The molecule has 0 saturated carbocycles. The normalized spacial score (nSPS) is 11.6. The number of hydrogen-bond donors (Lipinski definition) is 1. The minimum Gasteiger partial charge on any atom is -0.496 e. The van der Waals surface area contributed by atoms with Crippen LogP contribution < -0.4 is 4.74 Å². The molecule has 2 nitrogen and oxygen atoms in total. The number of halogens is 4. The molecular formula is C9H8BrF3O2. The Balaban J connectivity index is 3.36. The van der Waals surface area contributed by atoms with Gasteiger partial charge in [-0.1, -0.05) is 15.9 Å². The van der Waals surface area contributed by atoms with E-state index in [0.29, 0.717) is 4.47 Å². The van der Waals surface area contributed by atoms with Crippen LogP contribution in [0.5, 0.6) is 5.75 Å². The molecule has 0 atom stereocenters. The fourth-order valence-electron chi connectivity index (χ4n) is 1.11. The van der Waals surface area contributed by atoms with Gasteiger partial charge in [0.2, 0.25) is 0 Å². The lowest BCUT2D eigenvalue weighted by molar-refractivity contribution is -0.138. The molecule has 0 bridgehead atoms. The molecule has 1 aromatic carbocycles. The van der Waals surface area contributed by atoms with Gasteiger partial charge in [0.1, 0.15) is 5.75 Å². The summed E-state index contributed by atoms with van der Waals surface area (Å²) in [5.41, 5.74) is -0.722. The van der Waals surface area contributed by atoms with Crippen molar-refractivity contribution in [3.63, 3.8) is 0 Å². The zero-order chi connectivity index (χ0) is 11.6. The monoisotopic (exact) mass is 284 g/mol. The van der Waals surface area contributed by atoms with Crippen molar-refractivity contribution in [2.24, 2.45) is 0 Å². The topological polar surface area (TPSA) is 29.5 Å². The van der Waals surface area contributed by atoms with Gasteiger partial charge in [-0.05, 0) is 17.7 Å². The maximum Gasteiger partial charge on any atom is 0.419 e. The van der Waals surface area contributed by atoms with E-state index in [2.05, 4.69) is 20.7 Å². The molecule has 6 heteroatoms. The molecule has 0 unspecified atom stereocenters. The molecule has 0 saturated heterocycles. The SMILES string of the molecule is COc1cc(Br)c(CO)cc1C(F)(F)F. The standard InChI is InChI=1S/C9H8BrF3O2/c1-15-8-3-7(10)5(4-14)2-6(8)9(11,12)13/h2-3,14H,4H2,1H3. The van der Waals surface area contributed by atoms with Crippen molar-refractivity contribution < 1.29 is 23.0 Å². The number of hydrogen-bond acceptors (Lipinski definition) is 2. The Morgan fingerprint density at radius 1 is 1.40 bits per heavy atom. The molecule has 0 heterocycles. The van der Waals surface area contributed by atoms with Crippen LogP contribution in [-0.2, 0) is 12.8 Å². The van der Waals surface area contributed by atoms with Gasteiger partial charge in [0.15, 0.2) is 0 Å². The fraction of sp³-hybridized carbons (Fsp3) is 0.333. The van der Waals surface area contributed by atoms with Crippen LogP contribution in [0.4, 0.5) is 13.2 Å². The van der Waals surface area contributed by atoms with Gasteiger partial charge in [0.25, 0.3) is 0 Å². The first-order valence-electron chi connectivity index (χ1n) is 3.94. The summed E-state index contributed by atoms with van der Waals surface area (Å²) < 4.78 is 42.5. The molecular weight excluding hydrogens is 277 g/mol. The summed E-state index contributed by atoms with van der Waals surface area (Å²) in [5.74, 6) is -0.272. The van der Waals surface area contributed by atoms with Gasteiger partial charge in [-0.2, -0.15) is 13.2 Å². The zero-order valence-corrected chi connectivity index (χ0v) is 9.32. The van der Waals surface area contributed by atoms with Crippen molar-refractivity contribution in [1.82, 2.24) is 0 Å². The molecule has 0 radical (unpaired) electrons. The molecule has 15 heavy (non-hydrogen) atoms. The second kappa shape index (κ2) is 4.40. The van der Waals surface area contributed by atoms with Crippen LogP contribution in [0.2, 0.25) is 0 Å². The number of ether oxygens (including phenoxy) is 1. The van der Waals surface area contributed by atoms with Gasteiger partial charge in [-0.15, -0.1) is 0 Å². The van der Waals surface area contributed by atoms with E-state index in [1.807, 2.05) is 0 Å². The second-order valence-electron chi connectivity index (χ2n) is 2.80. The molecule has 0 aliphatic carbocycles. The highest BCUT2D eigenvalue weighted by Crippen LogP contribution is 2.39. The van der Waals surface area contributed by atoms with E-state index in [4.69, 9.17) is 5.11 Å². The first-order chi connectivity index (χ1) is 6.90. The lowest BCUT2D eigenvalue weighted by Gasteiger charge is -2.14. The van der Waals surface area contributed by atoms with Gasteiger partial charge >= 0.3 is 6.18 Å². The van der Waals surface area contributed by atoms with E-state index in [9.17, 15) is 13.2 Å². The van der Waals surface area contributed by atoms with Gasteiger partial charge < -0.3 is 9.84 Å². The Morgan fingerprint density at radius 3 is 2.40 bits per heavy atom. The smallest absolute Gasteiger partial charge is 0.419 e. The van der Waals surface area contributed by atoms with Crippen LogP contribution in [0.1, 0.15) is 11.1 Å². The minimum absolute atomic E-state index is 0.170. The summed E-state index contributed by atoms with van der Waals surface area (Å²) in [6, 6.07) is 2.05. The molecule has 1 rings (SSSR count). The van der Waals surface area contributed by atoms with Crippen molar-refractivity contribution in [2.45, 2.75) is 12.8 Å². The summed E-state index contributed by atoms with van der Waals surface area (Å²) in [5, 5.41) is 8.83. The van der Waals surface area contributed by atoms with E-state index in [-0.39, 0.29) is 11.3 Å². The fourth-order valence-corrected chi connectivity index (χ4v) is 1.56. The zero-order valence-electron chi connectivity index (χ0n) is 7.73. The van der Waals surface area contributed by atoms with Gasteiger partial charge in [-0.25, -0.2) is 0 Å². The average Bonchev–Trinajstić information content (AvgIpc) is 2.15. The van der Waals surface area contributed by atoms with E-state index >= 15 is 0 Å². The number of aliphatic hydroxyl groups excluding tert-OH is 1. The number of rotatable bonds is 2. The molecule has 0 aromatic heterocycles. The largest absolute Gasteiger partial charge is 0.496 e. The Kier molecular flexibility index (Phi) is 3.62. The Hall–Kier alpha value is -0.750. The highest BCUT2D eigenvalue weighted by atomic mass is 79.9. The quantitative estimate of drug-likeness (QED) is 0.905. The second-order valence-corrected chi connectivity index (χ2v) is 3.65. The summed E-state index contributed by atoms with van der Waals surface area (Å²) in [6.45, 7) is -0.465. The van der Waals surface area contributed by atoms with Gasteiger partial charge in [0.05, 0.1) is 19.3 Å². The van der Waals surface area contributed by atoms with E-state index in [1.165, 1.54) is 6.07 Å². The van der Waals surface area contributed by atoms with Crippen LogP contribution in [0.25, 0.3) is 0 Å². The molecule has 0 aliphatic heterocycles. The average molecular weight is 285 g/mol. The van der Waals surface area contributed by atoms with Crippen LogP contribution in [0.3, 0.4) is 0 Å². The molecule has 0 spiro atoms. The Labute approximate surface area is 92.8 Å². The van der Waals surface area contributed by atoms with Gasteiger partial charge in [0, 0.05) is 4.47 Å². The lowest BCUT2D eigenvalue weighted by Crippen LogP contribution is -2.08. The molecule has 84 valence electrons. The van der Waals surface area contributed by atoms with Crippen molar-refractivity contribution in [3.8, 4) is 5.75 Å². The van der Waals surface area contributed by atoms with Crippen molar-refractivity contribution in [2.75, 3.05) is 7.11 Å². The number of methoxy groups -OCH3 is 1. The van der Waals surface area contributed by atoms with Crippen molar-refractivity contribution in [3.05, 3.63) is 27.7 Å². The molecule has 0 aliphatic rings. The number of alkyl halides is 3. The van der Waals surface area contributed by atoms with E-state index in [0.717, 1.165) is 13.2 Å². The molecule has 1 aromatic rings. The van der Waals surface area contributed by atoms with E-state index in [1.54, 1.807) is 0 Å². The lowest BCUT2D eigenvalue weighted by atomic mass is 10.1. The summed E-state index contributed by atoms with van der Waals surface area (Å²) in [7, 11) is 1.16. The Bertz CT molecular complexity index is 363. The third kappa shape index (κ3) is 2.63. The van der Waals surface area contributed by atoms with Crippen LogP contribution >= 0.6 is 15.9 Å². The first kappa shape index (κ1) is 12.3. The predicted molar refractivity (Wildman–Crippen MR) is 51.6 cm³/mol. The molecule has 0 fully saturated rings. The molecule has 0 amide bonds. The molecule has 1 N–H and O–H groups in total. The van der Waals surface area contributed by atoms with Crippen molar-refractivity contribution in [1.29, 1.82) is 0 Å². The third-order valence-electron chi connectivity index (χ3n) is 1.84. The number of benzene rings is 1. The van der Waals surface area contributed by atoms with Crippen LogP contribution in [0.15, 0.2) is 16.6 Å². The maximum absolute atomic E-state index is 12.5. The van der Waals surface area contributed by atoms with Crippen LogP contribution in [-0.4, -0.2) is 12.2 Å². The van der Waals surface area contributed by atoms with Crippen LogP contribution in [0, 0.1) is 0 Å².